The quantitative estimate of drug-likeness (QED) is 0.186. The zero-order valence-electron chi connectivity index (χ0n) is 21.3. The molecule has 2 aromatic rings. The van der Waals surface area contributed by atoms with Gasteiger partial charge in [0, 0.05) is 12.0 Å². The van der Waals surface area contributed by atoms with Crippen LogP contribution in [0.25, 0.3) is 0 Å². The van der Waals surface area contributed by atoms with Crippen LogP contribution in [0.1, 0.15) is 96.1 Å². The number of rotatable bonds is 16. The summed E-state index contributed by atoms with van der Waals surface area (Å²) in [5.41, 5.74) is 2.59. The fourth-order valence-electron chi connectivity index (χ4n) is 4.18. The lowest BCUT2D eigenvalue weighted by Crippen LogP contribution is -2.38. The summed E-state index contributed by atoms with van der Waals surface area (Å²) in [6.45, 7) is 11.9. The van der Waals surface area contributed by atoms with Crippen molar-refractivity contribution in [3.8, 4) is 5.75 Å². The van der Waals surface area contributed by atoms with Gasteiger partial charge in [-0.05, 0) is 42.8 Å². The van der Waals surface area contributed by atoms with Gasteiger partial charge < -0.3 is 8.85 Å². The second kappa shape index (κ2) is 13.8. The summed E-state index contributed by atoms with van der Waals surface area (Å²) in [5.74, 6) is 0.914. The molecule has 32 heavy (non-hydrogen) atoms. The molecular formula is C29H46O2Si. The minimum Gasteiger partial charge on any atom is -0.520 e. The molecule has 0 radical (unpaired) electrons. The first-order valence-electron chi connectivity index (χ1n) is 12.8. The molecule has 2 rings (SSSR count). The monoisotopic (exact) mass is 454 g/mol. The Kier molecular flexibility index (Phi) is 11.5. The highest BCUT2D eigenvalue weighted by atomic mass is 28.4. The lowest BCUT2D eigenvalue weighted by atomic mass is 9.78. The lowest BCUT2D eigenvalue weighted by molar-refractivity contribution is 0.240. The van der Waals surface area contributed by atoms with E-state index in [4.69, 9.17) is 8.85 Å². The zero-order chi connectivity index (χ0) is 23.3. The van der Waals surface area contributed by atoms with Gasteiger partial charge in [0.25, 0.3) is 0 Å². The van der Waals surface area contributed by atoms with E-state index in [1.54, 1.807) is 0 Å². The maximum Gasteiger partial charge on any atom is 0.392 e. The molecular weight excluding hydrogens is 408 g/mol. The van der Waals surface area contributed by atoms with Gasteiger partial charge in [0.2, 0.25) is 0 Å². The van der Waals surface area contributed by atoms with Gasteiger partial charge >= 0.3 is 8.56 Å². The molecule has 0 saturated heterocycles. The van der Waals surface area contributed by atoms with Gasteiger partial charge in [-0.2, -0.15) is 0 Å². The Morgan fingerprint density at radius 3 is 1.72 bits per heavy atom. The largest absolute Gasteiger partial charge is 0.520 e. The van der Waals surface area contributed by atoms with E-state index in [2.05, 4.69) is 88.5 Å². The van der Waals surface area contributed by atoms with Crippen LogP contribution >= 0.6 is 0 Å². The van der Waals surface area contributed by atoms with Crippen LogP contribution in [0.5, 0.6) is 5.75 Å². The van der Waals surface area contributed by atoms with Crippen LogP contribution in [0.2, 0.25) is 13.1 Å². The molecule has 0 bridgehead atoms. The van der Waals surface area contributed by atoms with E-state index in [0.29, 0.717) is 0 Å². The van der Waals surface area contributed by atoms with Gasteiger partial charge in [-0.25, -0.2) is 0 Å². The summed E-state index contributed by atoms with van der Waals surface area (Å²) in [6.07, 6.45) is 13.5. The molecule has 0 aliphatic carbocycles. The van der Waals surface area contributed by atoms with Crippen molar-refractivity contribution in [2.24, 2.45) is 0 Å². The van der Waals surface area contributed by atoms with Crippen LogP contribution in [-0.2, 0) is 9.84 Å². The minimum absolute atomic E-state index is 0.0290. The molecule has 0 atom stereocenters. The van der Waals surface area contributed by atoms with Crippen LogP contribution in [0.3, 0.4) is 0 Å². The Morgan fingerprint density at radius 2 is 1.16 bits per heavy atom. The molecule has 0 spiro atoms. The third-order valence-corrected chi connectivity index (χ3v) is 8.01. The molecule has 0 unspecified atom stereocenters. The summed E-state index contributed by atoms with van der Waals surface area (Å²) >= 11 is 0. The molecule has 3 heteroatoms. The third-order valence-electron chi connectivity index (χ3n) is 6.38. The van der Waals surface area contributed by atoms with Crippen molar-refractivity contribution in [1.29, 1.82) is 0 Å². The van der Waals surface area contributed by atoms with Gasteiger partial charge in [-0.15, -0.1) is 0 Å². The molecule has 0 amide bonds. The first-order chi connectivity index (χ1) is 15.3. The maximum absolute atomic E-state index is 6.28. The van der Waals surface area contributed by atoms with E-state index in [1.807, 2.05) is 0 Å². The molecule has 0 aliphatic rings. The number of benzene rings is 2. The van der Waals surface area contributed by atoms with Gasteiger partial charge in [0.1, 0.15) is 5.75 Å². The summed E-state index contributed by atoms with van der Waals surface area (Å²) < 4.78 is 12.5. The van der Waals surface area contributed by atoms with Crippen molar-refractivity contribution in [1.82, 2.24) is 0 Å². The Hall–Kier alpha value is -1.58. The highest BCUT2D eigenvalue weighted by Crippen LogP contribution is 2.32. The molecule has 0 heterocycles. The topological polar surface area (TPSA) is 18.5 Å². The van der Waals surface area contributed by atoms with Crippen LogP contribution in [0, 0.1) is 0 Å². The van der Waals surface area contributed by atoms with Crippen LogP contribution in [-0.4, -0.2) is 15.2 Å². The fourth-order valence-corrected chi connectivity index (χ4v) is 5.58. The maximum atomic E-state index is 6.28. The summed E-state index contributed by atoms with van der Waals surface area (Å²) in [7, 11) is -2.17. The Balaban J connectivity index is 1.68. The lowest BCUT2D eigenvalue weighted by Gasteiger charge is -2.27. The summed E-state index contributed by atoms with van der Waals surface area (Å²) in [5, 5.41) is 0. The Bertz CT molecular complexity index is 738. The molecule has 0 fully saturated rings. The van der Waals surface area contributed by atoms with Gasteiger partial charge in [0.15, 0.2) is 0 Å². The van der Waals surface area contributed by atoms with E-state index in [-0.39, 0.29) is 5.41 Å². The fraction of sp³-hybridized carbons (Fsp3) is 0.586. The first kappa shape index (κ1) is 26.7. The zero-order valence-corrected chi connectivity index (χ0v) is 22.3. The summed E-state index contributed by atoms with van der Waals surface area (Å²) in [4.78, 5) is 0. The normalized spacial score (nSPS) is 12.2. The van der Waals surface area contributed by atoms with Crippen molar-refractivity contribution in [3.05, 3.63) is 65.7 Å². The molecule has 0 saturated carbocycles. The number of hydrogen-bond donors (Lipinski definition) is 0. The van der Waals surface area contributed by atoms with E-state index in [9.17, 15) is 0 Å². The van der Waals surface area contributed by atoms with Gasteiger partial charge in [0.05, 0.1) is 0 Å². The van der Waals surface area contributed by atoms with Crippen LogP contribution in [0.15, 0.2) is 54.6 Å². The van der Waals surface area contributed by atoms with Crippen molar-refractivity contribution < 1.29 is 8.85 Å². The van der Waals surface area contributed by atoms with E-state index in [0.717, 1.165) is 18.8 Å². The van der Waals surface area contributed by atoms with Crippen molar-refractivity contribution >= 4 is 8.56 Å². The molecule has 2 nitrogen and oxygen atoms in total. The van der Waals surface area contributed by atoms with Crippen molar-refractivity contribution in [3.63, 3.8) is 0 Å². The Morgan fingerprint density at radius 1 is 0.656 bits per heavy atom. The number of unbranched alkanes of at least 4 members (excludes halogenated alkanes) is 9. The van der Waals surface area contributed by atoms with Crippen molar-refractivity contribution in [2.45, 2.75) is 103 Å². The average Bonchev–Trinajstić information content (AvgIpc) is 2.78. The third kappa shape index (κ3) is 9.50. The first-order valence-corrected chi connectivity index (χ1v) is 15.7. The second-order valence-electron chi connectivity index (χ2n) is 10.0. The Labute approximate surface area is 199 Å². The van der Waals surface area contributed by atoms with E-state index >= 15 is 0 Å². The molecule has 0 N–H and O–H groups in total. The van der Waals surface area contributed by atoms with Crippen LogP contribution < -0.4 is 4.43 Å². The standard InChI is InChI=1S/C29H46O2Si/c1-6-7-8-9-10-11-12-13-14-18-25-30-32(4,5)31-28-23-21-27(22-24-28)29(2,3)26-19-16-15-17-20-26/h15-17,19-24H,6-14,18,25H2,1-5H3. The summed E-state index contributed by atoms with van der Waals surface area (Å²) in [6, 6.07) is 19.2. The minimum atomic E-state index is -2.17. The van der Waals surface area contributed by atoms with Crippen molar-refractivity contribution in [2.75, 3.05) is 6.61 Å². The predicted octanol–water partition coefficient (Wildman–Crippen LogP) is 9.03. The highest BCUT2D eigenvalue weighted by molar-refractivity contribution is 6.65. The predicted molar refractivity (Wildman–Crippen MR) is 141 cm³/mol. The van der Waals surface area contributed by atoms with Gasteiger partial charge in [-0.1, -0.05) is 121 Å². The average molecular weight is 455 g/mol. The molecule has 0 aliphatic heterocycles. The molecule has 0 aromatic heterocycles. The van der Waals surface area contributed by atoms with Gasteiger partial charge in [-0.3, -0.25) is 0 Å². The van der Waals surface area contributed by atoms with E-state index < -0.39 is 8.56 Å². The second-order valence-corrected chi connectivity index (χ2v) is 13.3. The SMILES string of the molecule is CCCCCCCCCCCCO[Si](C)(C)Oc1ccc(C(C)(C)c2ccccc2)cc1. The molecule has 2 aromatic carbocycles. The smallest absolute Gasteiger partial charge is 0.392 e. The number of hydrogen-bond acceptors (Lipinski definition) is 2. The van der Waals surface area contributed by atoms with E-state index in [1.165, 1.54) is 68.9 Å². The molecule has 178 valence electrons. The van der Waals surface area contributed by atoms with Crippen LogP contribution in [0.4, 0.5) is 0 Å². The highest BCUT2D eigenvalue weighted by Gasteiger charge is 2.27.